The van der Waals surface area contributed by atoms with E-state index >= 15 is 0 Å². The van der Waals surface area contributed by atoms with Gasteiger partial charge in [0.25, 0.3) is 0 Å². The van der Waals surface area contributed by atoms with Crippen LogP contribution in [-0.4, -0.2) is 11.0 Å². The van der Waals surface area contributed by atoms with Crippen LogP contribution >= 0.6 is 11.6 Å². The van der Waals surface area contributed by atoms with Crippen LogP contribution in [0.25, 0.3) is 10.9 Å². The van der Waals surface area contributed by atoms with Crippen LogP contribution < -0.4 is 5.32 Å². The van der Waals surface area contributed by atoms with Gasteiger partial charge in [-0.2, -0.15) is 0 Å². The van der Waals surface area contributed by atoms with E-state index in [0.717, 1.165) is 11.6 Å². The highest BCUT2D eigenvalue weighted by Crippen LogP contribution is 2.44. The van der Waals surface area contributed by atoms with Gasteiger partial charge < -0.3 is 10.3 Å². The van der Waals surface area contributed by atoms with E-state index in [1.54, 1.807) is 0 Å². The highest BCUT2D eigenvalue weighted by atomic mass is 35.5. The number of aromatic nitrogens is 1. The second-order valence-electron chi connectivity index (χ2n) is 6.41. The zero-order valence-electron chi connectivity index (χ0n) is 12.2. The van der Waals surface area contributed by atoms with Gasteiger partial charge in [0.05, 0.1) is 0 Å². The fourth-order valence-electron chi connectivity index (χ4n) is 4.30. The maximum absolute atomic E-state index is 6.26. The number of H-pyrrole nitrogens is 1. The molecule has 22 heavy (non-hydrogen) atoms. The Morgan fingerprint density at radius 1 is 1.09 bits per heavy atom. The van der Waals surface area contributed by atoms with Gasteiger partial charge in [-0.25, -0.2) is 0 Å². The van der Waals surface area contributed by atoms with Crippen molar-refractivity contribution in [1.29, 1.82) is 0 Å². The molecule has 0 bridgehead atoms. The van der Waals surface area contributed by atoms with Gasteiger partial charge in [0.1, 0.15) is 0 Å². The molecular formula is C19H17ClN2. The van der Waals surface area contributed by atoms with Gasteiger partial charge in [-0.05, 0) is 47.7 Å². The van der Waals surface area contributed by atoms with Crippen molar-refractivity contribution < 1.29 is 0 Å². The summed E-state index contributed by atoms with van der Waals surface area (Å²) in [5.74, 6) is 0.431. The number of nitrogens with one attached hydrogen (secondary N) is 2. The Labute approximate surface area is 134 Å². The van der Waals surface area contributed by atoms with Crippen molar-refractivity contribution >= 4 is 22.5 Å². The van der Waals surface area contributed by atoms with E-state index < -0.39 is 0 Å². The van der Waals surface area contributed by atoms with Crippen molar-refractivity contribution in [2.45, 2.75) is 31.3 Å². The molecule has 2 heterocycles. The zero-order valence-corrected chi connectivity index (χ0v) is 13.0. The summed E-state index contributed by atoms with van der Waals surface area (Å²) in [5.41, 5.74) is 6.94. The van der Waals surface area contributed by atoms with E-state index in [-0.39, 0.29) is 0 Å². The van der Waals surface area contributed by atoms with Crippen LogP contribution in [0.4, 0.5) is 0 Å². The van der Waals surface area contributed by atoms with Crippen molar-refractivity contribution in [1.82, 2.24) is 10.3 Å². The summed E-state index contributed by atoms with van der Waals surface area (Å²) in [4.78, 5) is 3.59. The Morgan fingerprint density at radius 3 is 2.95 bits per heavy atom. The number of aryl methyl sites for hydroxylation is 1. The van der Waals surface area contributed by atoms with Crippen LogP contribution in [0.1, 0.15) is 34.7 Å². The standard InChI is InChI=1S/C19H17ClN2/c20-12-6-8-15-14(9-12)19-17(22-15)10-21-16-7-5-11-3-1-2-4-13(11)18(16)19/h1-4,6,8-9,16,18,21-22H,5,7,10H2/t16-,18-/m0/s1. The summed E-state index contributed by atoms with van der Waals surface area (Å²) < 4.78 is 0. The molecule has 2 aliphatic rings. The third-order valence-electron chi connectivity index (χ3n) is 5.25. The first-order valence-electron chi connectivity index (χ1n) is 7.92. The molecule has 0 unspecified atom stereocenters. The zero-order chi connectivity index (χ0) is 14.7. The van der Waals surface area contributed by atoms with Crippen LogP contribution in [0, 0.1) is 0 Å². The van der Waals surface area contributed by atoms with E-state index in [4.69, 9.17) is 11.6 Å². The fraction of sp³-hybridized carbons (Fsp3) is 0.263. The molecule has 0 saturated heterocycles. The first kappa shape index (κ1) is 12.7. The van der Waals surface area contributed by atoms with Crippen LogP contribution in [0.2, 0.25) is 5.02 Å². The first-order valence-corrected chi connectivity index (χ1v) is 8.30. The van der Waals surface area contributed by atoms with E-state index in [0.29, 0.717) is 12.0 Å². The number of halogens is 1. The van der Waals surface area contributed by atoms with Gasteiger partial charge in [0, 0.05) is 40.1 Å². The lowest BCUT2D eigenvalue weighted by Crippen LogP contribution is -2.42. The van der Waals surface area contributed by atoms with Crippen molar-refractivity contribution in [3.8, 4) is 0 Å². The molecule has 2 N–H and O–H groups in total. The average molecular weight is 309 g/mol. The van der Waals surface area contributed by atoms with Gasteiger partial charge in [-0.15, -0.1) is 0 Å². The van der Waals surface area contributed by atoms with Crippen molar-refractivity contribution in [3.05, 3.63) is 69.9 Å². The SMILES string of the molecule is Clc1ccc2[nH]c3c(c2c1)[C@H]1c2ccccc2CC[C@@H]1NC3. The Bertz CT molecular complexity index is 880. The van der Waals surface area contributed by atoms with Crippen LogP contribution in [0.5, 0.6) is 0 Å². The molecule has 0 fully saturated rings. The summed E-state index contributed by atoms with van der Waals surface area (Å²) in [7, 11) is 0. The molecule has 3 aromatic rings. The molecule has 0 saturated carbocycles. The molecule has 2 atom stereocenters. The maximum Gasteiger partial charge on any atom is 0.0460 e. The van der Waals surface area contributed by atoms with Gasteiger partial charge in [0.15, 0.2) is 0 Å². The summed E-state index contributed by atoms with van der Waals surface area (Å²) in [6.45, 7) is 0.922. The normalized spacial score (nSPS) is 23.0. The topological polar surface area (TPSA) is 27.8 Å². The Hall–Kier alpha value is -1.77. The number of aromatic amines is 1. The van der Waals surface area contributed by atoms with E-state index in [9.17, 15) is 0 Å². The third kappa shape index (κ3) is 1.71. The molecular weight excluding hydrogens is 292 g/mol. The van der Waals surface area contributed by atoms with Crippen molar-refractivity contribution in [2.24, 2.45) is 0 Å². The highest BCUT2D eigenvalue weighted by Gasteiger charge is 2.36. The lowest BCUT2D eigenvalue weighted by atomic mass is 9.73. The highest BCUT2D eigenvalue weighted by molar-refractivity contribution is 6.31. The number of hydrogen-bond acceptors (Lipinski definition) is 1. The maximum atomic E-state index is 6.26. The summed E-state index contributed by atoms with van der Waals surface area (Å²) in [6, 6.07) is 15.6. The van der Waals surface area contributed by atoms with E-state index in [1.165, 1.54) is 46.1 Å². The predicted molar refractivity (Wildman–Crippen MR) is 90.5 cm³/mol. The third-order valence-corrected chi connectivity index (χ3v) is 5.49. The van der Waals surface area contributed by atoms with Gasteiger partial charge in [0.2, 0.25) is 0 Å². The average Bonchev–Trinajstić information content (AvgIpc) is 2.92. The molecule has 110 valence electrons. The Morgan fingerprint density at radius 2 is 2.00 bits per heavy atom. The van der Waals surface area contributed by atoms with Gasteiger partial charge >= 0.3 is 0 Å². The Kier molecular flexibility index (Phi) is 2.67. The van der Waals surface area contributed by atoms with Crippen molar-refractivity contribution in [3.63, 3.8) is 0 Å². The van der Waals surface area contributed by atoms with Gasteiger partial charge in [-0.3, -0.25) is 0 Å². The van der Waals surface area contributed by atoms with Crippen LogP contribution in [-0.2, 0) is 13.0 Å². The van der Waals surface area contributed by atoms with Crippen LogP contribution in [0.15, 0.2) is 42.5 Å². The van der Waals surface area contributed by atoms with E-state index in [1.807, 2.05) is 6.07 Å². The van der Waals surface area contributed by atoms with E-state index in [2.05, 4.69) is 46.7 Å². The quantitative estimate of drug-likeness (QED) is 0.634. The number of hydrogen-bond donors (Lipinski definition) is 2. The van der Waals surface area contributed by atoms with Crippen molar-refractivity contribution in [2.75, 3.05) is 0 Å². The van der Waals surface area contributed by atoms with Crippen LogP contribution in [0.3, 0.4) is 0 Å². The lowest BCUT2D eigenvalue weighted by Gasteiger charge is -2.38. The molecule has 1 aliphatic heterocycles. The second-order valence-corrected chi connectivity index (χ2v) is 6.85. The Balaban J connectivity index is 1.81. The predicted octanol–water partition coefficient (Wildman–Crippen LogP) is 4.37. The monoisotopic (exact) mass is 308 g/mol. The second kappa shape index (κ2) is 4.61. The largest absolute Gasteiger partial charge is 0.357 e. The molecule has 0 spiro atoms. The molecule has 2 nitrogen and oxygen atoms in total. The summed E-state index contributed by atoms with van der Waals surface area (Å²) in [5, 5.41) is 5.83. The summed E-state index contributed by atoms with van der Waals surface area (Å²) in [6.07, 6.45) is 2.37. The summed E-state index contributed by atoms with van der Waals surface area (Å²) >= 11 is 6.26. The lowest BCUT2D eigenvalue weighted by molar-refractivity contribution is 0.393. The number of fused-ring (bicyclic) bond motifs is 7. The fourth-order valence-corrected chi connectivity index (χ4v) is 4.48. The first-order chi connectivity index (χ1) is 10.8. The molecule has 3 heteroatoms. The molecule has 0 amide bonds. The minimum Gasteiger partial charge on any atom is -0.357 e. The number of rotatable bonds is 0. The molecule has 5 rings (SSSR count). The smallest absolute Gasteiger partial charge is 0.0460 e. The van der Waals surface area contributed by atoms with Gasteiger partial charge in [-0.1, -0.05) is 35.9 Å². The molecule has 1 aromatic heterocycles. The number of benzene rings is 2. The minimum atomic E-state index is 0.431. The minimum absolute atomic E-state index is 0.431. The molecule has 0 radical (unpaired) electrons. The molecule has 2 aromatic carbocycles. The molecule has 1 aliphatic carbocycles.